The summed E-state index contributed by atoms with van der Waals surface area (Å²) in [6, 6.07) is 5.32. The molecule has 0 spiro atoms. The Bertz CT molecular complexity index is 402. The van der Waals surface area contributed by atoms with Gasteiger partial charge in [0, 0.05) is 6.04 Å². The van der Waals surface area contributed by atoms with Gasteiger partial charge in [0.2, 0.25) is 0 Å². The molecule has 1 aromatic rings. The van der Waals surface area contributed by atoms with E-state index in [0.717, 1.165) is 30.9 Å². The molecule has 1 unspecified atom stereocenters. The molecule has 1 aliphatic carbocycles. The molecule has 0 aromatic heterocycles. The Kier molecular flexibility index (Phi) is 5.65. The lowest BCUT2D eigenvalue weighted by molar-refractivity contribution is 0.394. The molecular formula is C16H23ClFN. The van der Waals surface area contributed by atoms with E-state index in [-0.39, 0.29) is 16.9 Å². The highest BCUT2D eigenvalue weighted by molar-refractivity contribution is 6.31. The molecular weight excluding hydrogens is 261 g/mol. The first-order chi connectivity index (χ1) is 9.22. The van der Waals surface area contributed by atoms with Gasteiger partial charge >= 0.3 is 0 Å². The smallest absolute Gasteiger partial charge is 0.142 e. The molecule has 0 heterocycles. The van der Waals surface area contributed by atoms with E-state index in [1.54, 1.807) is 6.07 Å². The molecule has 1 saturated carbocycles. The van der Waals surface area contributed by atoms with Gasteiger partial charge in [-0.3, -0.25) is 0 Å². The summed E-state index contributed by atoms with van der Waals surface area (Å²) in [5, 5.41) is 3.82. The topological polar surface area (TPSA) is 12.0 Å². The van der Waals surface area contributed by atoms with Crippen molar-refractivity contribution in [2.75, 3.05) is 6.54 Å². The van der Waals surface area contributed by atoms with E-state index in [2.05, 4.69) is 12.2 Å². The number of halogens is 2. The summed E-state index contributed by atoms with van der Waals surface area (Å²) in [6.07, 6.45) is 7.43. The van der Waals surface area contributed by atoms with E-state index in [1.807, 2.05) is 6.07 Å². The van der Waals surface area contributed by atoms with Gasteiger partial charge in [-0.05, 0) is 36.9 Å². The van der Waals surface area contributed by atoms with Crippen molar-refractivity contribution in [3.63, 3.8) is 0 Å². The largest absolute Gasteiger partial charge is 0.310 e. The van der Waals surface area contributed by atoms with Crippen molar-refractivity contribution in [3.05, 3.63) is 34.6 Å². The fourth-order valence-electron chi connectivity index (χ4n) is 3.01. The molecule has 0 bridgehead atoms. The average molecular weight is 284 g/mol. The van der Waals surface area contributed by atoms with E-state index in [0.29, 0.717) is 0 Å². The zero-order chi connectivity index (χ0) is 13.7. The summed E-state index contributed by atoms with van der Waals surface area (Å²) in [5.74, 6) is 0.447. The minimum atomic E-state index is -0.311. The van der Waals surface area contributed by atoms with Crippen LogP contribution in [0.5, 0.6) is 0 Å². The van der Waals surface area contributed by atoms with Crippen LogP contribution in [0.15, 0.2) is 18.2 Å². The Morgan fingerprint density at radius 2 is 2.11 bits per heavy atom. The molecule has 106 valence electrons. The second kappa shape index (κ2) is 7.25. The van der Waals surface area contributed by atoms with Crippen molar-refractivity contribution >= 4 is 11.6 Å². The predicted octanol–water partition coefficient (Wildman–Crippen LogP) is 5.10. The maximum Gasteiger partial charge on any atom is 0.142 e. The van der Waals surface area contributed by atoms with E-state index in [4.69, 9.17) is 11.6 Å². The number of hydrogen-bond donors (Lipinski definition) is 1. The highest BCUT2D eigenvalue weighted by Gasteiger charge is 2.23. The van der Waals surface area contributed by atoms with E-state index in [1.165, 1.54) is 31.7 Å². The second-order valence-corrected chi connectivity index (χ2v) is 5.91. The first-order valence-electron chi connectivity index (χ1n) is 7.39. The zero-order valence-corrected chi connectivity index (χ0v) is 12.3. The van der Waals surface area contributed by atoms with Gasteiger partial charge in [0.15, 0.2) is 0 Å². The molecule has 1 fully saturated rings. The summed E-state index contributed by atoms with van der Waals surface area (Å²) < 4.78 is 13.6. The predicted molar refractivity (Wildman–Crippen MR) is 79.0 cm³/mol. The van der Waals surface area contributed by atoms with Crippen molar-refractivity contribution in [2.45, 2.75) is 51.5 Å². The highest BCUT2D eigenvalue weighted by atomic mass is 35.5. The Hall–Kier alpha value is -0.600. The van der Waals surface area contributed by atoms with Gasteiger partial charge in [0.25, 0.3) is 0 Å². The SMILES string of the molecule is CCCNC(CC1CCCC1)c1cccc(F)c1Cl. The summed E-state index contributed by atoms with van der Waals surface area (Å²) >= 11 is 6.14. The molecule has 0 amide bonds. The number of rotatable bonds is 6. The summed E-state index contributed by atoms with van der Waals surface area (Å²) in [5.41, 5.74) is 0.919. The van der Waals surface area contributed by atoms with E-state index >= 15 is 0 Å². The summed E-state index contributed by atoms with van der Waals surface area (Å²) in [6.45, 7) is 3.09. The Balaban J connectivity index is 2.13. The summed E-state index contributed by atoms with van der Waals surface area (Å²) in [4.78, 5) is 0. The second-order valence-electron chi connectivity index (χ2n) is 5.54. The van der Waals surface area contributed by atoms with Gasteiger partial charge in [-0.15, -0.1) is 0 Å². The van der Waals surface area contributed by atoms with Crippen LogP contribution in [0.2, 0.25) is 5.02 Å². The van der Waals surface area contributed by atoms with Crippen molar-refractivity contribution in [1.82, 2.24) is 5.32 Å². The molecule has 0 radical (unpaired) electrons. The van der Waals surface area contributed by atoms with Crippen LogP contribution >= 0.6 is 11.6 Å². The number of nitrogens with one attached hydrogen (secondary N) is 1. The molecule has 1 aliphatic rings. The van der Waals surface area contributed by atoms with E-state index in [9.17, 15) is 4.39 Å². The van der Waals surface area contributed by atoms with Crippen LogP contribution < -0.4 is 5.32 Å². The normalized spacial score (nSPS) is 17.8. The standard InChI is InChI=1S/C16H23ClFN/c1-2-10-19-15(11-12-6-3-4-7-12)13-8-5-9-14(18)16(13)17/h5,8-9,12,15,19H,2-4,6-7,10-11H2,1H3. The molecule has 19 heavy (non-hydrogen) atoms. The van der Waals surface area contributed by atoms with Gasteiger partial charge in [-0.2, -0.15) is 0 Å². The minimum absolute atomic E-state index is 0.186. The van der Waals surface area contributed by atoms with Crippen LogP contribution in [0.25, 0.3) is 0 Å². The Morgan fingerprint density at radius 1 is 1.37 bits per heavy atom. The molecule has 0 saturated heterocycles. The van der Waals surface area contributed by atoms with Gasteiger partial charge in [0.05, 0.1) is 5.02 Å². The maximum absolute atomic E-state index is 13.6. The van der Waals surface area contributed by atoms with Crippen LogP contribution in [0.3, 0.4) is 0 Å². The number of benzene rings is 1. The van der Waals surface area contributed by atoms with Crippen LogP contribution in [-0.2, 0) is 0 Å². The lowest BCUT2D eigenvalue weighted by atomic mass is 9.93. The lowest BCUT2D eigenvalue weighted by Gasteiger charge is -2.23. The van der Waals surface area contributed by atoms with Crippen LogP contribution in [0.4, 0.5) is 4.39 Å². The fraction of sp³-hybridized carbons (Fsp3) is 0.625. The first-order valence-corrected chi connectivity index (χ1v) is 7.77. The van der Waals surface area contributed by atoms with Gasteiger partial charge in [-0.1, -0.05) is 56.3 Å². The van der Waals surface area contributed by atoms with Gasteiger partial charge in [0.1, 0.15) is 5.82 Å². The average Bonchev–Trinajstić information content (AvgIpc) is 2.91. The quantitative estimate of drug-likeness (QED) is 0.766. The third-order valence-corrected chi connectivity index (χ3v) is 4.44. The minimum Gasteiger partial charge on any atom is -0.310 e. The zero-order valence-electron chi connectivity index (χ0n) is 11.6. The Labute approximate surface area is 120 Å². The first kappa shape index (κ1) is 14.8. The van der Waals surface area contributed by atoms with Crippen molar-refractivity contribution < 1.29 is 4.39 Å². The van der Waals surface area contributed by atoms with E-state index < -0.39 is 0 Å². The molecule has 1 N–H and O–H groups in total. The van der Waals surface area contributed by atoms with Crippen LogP contribution in [0.1, 0.15) is 57.1 Å². The van der Waals surface area contributed by atoms with Gasteiger partial charge < -0.3 is 5.32 Å². The molecule has 1 aromatic carbocycles. The van der Waals surface area contributed by atoms with Crippen LogP contribution in [-0.4, -0.2) is 6.54 Å². The molecule has 0 aliphatic heterocycles. The van der Waals surface area contributed by atoms with Crippen molar-refractivity contribution in [2.24, 2.45) is 5.92 Å². The molecule has 2 rings (SSSR count). The Morgan fingerprint density at radius 3 is 2.79 bits per heavy atom. The third-order valence-electron chi connectivity index (χ3n) is 4.04. The third kappa shape index (κ3) is 3.93. The van der Waals surface area contributed by atoms with Gasteiger partial charge in [-0.25, -0.2) is 4.39 Å². The van der Waals surface area contributed by atoms with Crippen LogP contribution in [0, 0.1) is 11.7 Å². The summed E-state index contributed by atoms with van der Waals surface area (Å²) in [7, 11) is 0. The highest BCUT2D eigenvalue weighted by Crippen LogP contribution is 2.35. The molecule has 3 heteroatoms. The molecule has 1 atom stereocenters. The maximum atomic E-state index is 13.6. The molecule has 1 nitrogen and oxygen atoms in total. The van der Waals surface area contributed by atoms with Crippen molar-refractivity contribution in [3.8, 4) is 0 Å². The lowest BCUT2D eigenvalue weighted by Crippen LogP contribution is -2.24. The fourth-order valence-corrected chi connectivity index (χ4v) is 3.27. The monoisotopic (exact) mass is 283 g/mol. The van der Waals surface area contributed by atoms with Crippen molar-refractivity contribution in [1.29, 1.82) is 0 Å². The number of hydrogen-bond acceptors (Lipinski definition) is 1.